The Hall–Kier alpha value is -1.90. The Balaban J connectivity index is 2.35. The van der Waals surface area contributed by atoms with E-state index in [0.29, 0.717) is 12.3 Å². The molecule has 94 valence electrons. The Labute approximate surface area is 107 Å². The lowest BCUT2D eigenvalue weighted by Gasteiger charge is -2.05. The summed E-state index contributed by atoms with van der Waals surface area (Å²) in [5.74, 6) is 0.311. The Bertz CT molecular complexity index is 529. The Morgan fingerprint density at radius 1 is 1.44 bits per heavy atom. The van der Waals surface area contributed by atoms with Gasteiger partial charge in [0.1, 0.15) is 0 Å². The van der Waals surface area contributed by atoms with Crippen LogP contribution in [0.15, 0.2) is 35.5 Å². The molecule has 0 radical (unpaired) electrons. The summed E-state index contributed by atoms with van der Waals surface area (Å²) in [4.78, 5) is 4.65. The van der Waals surface area contributed by atoms with Crippen LogP contribution in [0.1, 0.15) is 32.3 Å². The second-order valence-corrected chi connectivity index (χ2v) is 4.81. The van der Waals surface area contributed by atoms with Crippen molar-refractivity contribution in [1.29, 1.82) is 5.41 Å². The van der Waals surface area contributed by atoms with Crippen LogP contribution < -0.4 is 0 Å². The fourth-order valence-electron chi connectivity index (χ4n) is 2.17. The normalized spacial score (nSPS) is 22.8. The molecule has 1 aromatic carbocycles. The van der Waals surface area contributed by atoms with Gasteiger partial charge in [-0.15, -0.1) is 0 Å². The van der Waals surface area contributed by atoms with Crippen molar-refractivity contribution in [2.24, 2.45) is 10.9 Å². The molecule has 18 heavy (non-hydrogen) atoms. The molecule has 2 N–H and O–H groups in total. The molecule has 1 fully saturated rings. The molecule has 1 aromatic rings. The number of aliphatic imine (C=N–C) groups is 1. The number of aliphatic hydroxyl groups excluding tert-OH is 1. The fraction of sp³-hybridized carbons (Fsp3) is 0.333. The highest BCUT2D eigenvalue weighted by Crippen LogP contribution is 2.28. The first kappa shape index (κ1) is 12.6. The smallest absolute Gasteiger partial charge is 0.0827 e. The molecule has 1 aliphatic rings. The van der Waals surface area contributed by atoms with Crippen LogP contribution in [0, 0.1) is 11.3 Å². The van der Waals surface area contributed by atoms with Gasteiger partial charge in [0, 0.05) is 23.4 Å². The lowest BCUT2D eigenvalue weighted by Crippen LogP contribution is -1.97. The predicted octanol–water partition coefficient (Wildman–Crippen LogP) is 4.13. The SMILES string of the molecule is C/C(=C/O)c1ccccc1N=C1CC(=N)C(C)C1. The van der Waals surface area contributed by atoms with E-state index in [4.69, 9.17) is 10.5 Å². The lowest BCUT2D eigenvalue weighted by molar-refractivity contribution is 0.475. The molecule has 0 spiro atoms. The van der Waals surface area contributed by atoms with Gasteiger partial charge in [-0.1, -0.05) is 25.1 Å². The number of nitrogens with one attached hydrogen (secondary N) is 1. The van der Waals surface area contributed by atoms with E-state index in [1.807, 2.05) is 31.2 Å². The van der Waals surface area contributed by atoms with Crippen LogP contribution in [0.4, 0.5) is 5.69 Å². The Kier molecular flexibility index (Phi) is 3.60. The van der Waals surface area contributed by atoms with Crippen LogP contribution in [0.5, 0.6) is 0 Å². The molecule has 0 bridgehead atoms. The topological polar surface area (TPSA) is 56.4 Å². The van der Waals surface area contributed by atoms with E-state index in [-0.39, 0.29) is 0 Å². The van der Waals surface area contributed by atoms with E-state index >= 15 is 0 Å². The van der Waals surface area contributed by atoms with Crippen LogP contribution >= 0.6 is 0 Å². The van der Waals surface area contributed by atoms with Crippen molar-refractivity contribution in [3.8, 4) is 0 Å². The van der Waals surface area contributed by atoms with Crippen molar-refractivity contribution in [3.05, 3.63) is 36.1 Å². The summed E-state index contributed by atoms with van der Waals surface area (Å²) in [6.07, 6.45) is 2.66. The van der Waals surface area contributed by atoms with E-state index in [0.717, 1.165) is 40.9 Å². The molecule has 2 rings (SSSR count). The monoisotopic (exact) mass is 242 g/mol. The minimum atomic E-state index is 0.311. The molecule has 1 saturated carbocycles. The van der Waals surface area contributed by atoms with Gasteiger partial charge in [0.25, 0.3) is 0 Å². The number of rotatable bonds is 2. The Morgan fingerprint density at radius 2 is 2.17 bits per heavy atom. The molecule has 1 atom stereocenters. The molecule has 0 heterocycles. The quantitative estimate of drug-likeness (QED) is 0.753. The highest BCUT2D eigenvalue weighted by atomic mass is 16.2. The summed E-state index contributed by atoms with van der Waals surface area (Å²) in [5, 5.41) is 16.9. The van der Waals surface area contributed by atoms with E-state index in [2.05, 4.69) is 11.9 Å². The first-order valence-corrected chi connectivity index (χ1v) is 6.16. The summed E-state index contributed by atoms with van der Waals surface area (Å²) in [5.41, 5.74) is 4.44. The first-order valence-electron chi connectivity index (χ1n) is 6.16. The van der Waals surface area contributed by atoms with E-state index in [1.54, 1.807) is 0 Å². The largest absolute Gasteiger partial charge is 0.515 e. The molecule has 1 aliphatic carbocycles. The average molecular weight is 242 g/mol. The summed E-state index contributed by atoms with van der Waals surface area (Å²) in [7, 11) is 0. The number of para-hydroxylation sites is 1. The number of hydrogen-bond donors (Lipinski definition) is 2. The van der Waals surface area contributed by atoms with Crippen LogP contribution in [0.3, 0.4) is 0 Å². The van der Waals surface area contributed by atoms with E-state index < -0.39 is 0 Å². The lowest BCUT2D eigenvalue weighted by atomic mass is 10.1. The van der Waals surface area contributed by atoms with Crippen molar-refractivity contribution < 1.29 is 5.11 Å². The Morgan fingerprint density at radius 3 is 2.78 bits per heavy atom. The molecule has 0 aliphatic heterocycles. The molecular formula is C15H18N2O. The van der Waals surface area contributed by atoms with Gasteiger partial charge in [0.05, 0.1) is 11.9 Å². The number of aliphatic hydroxyl groups is 1. The van der Waals surface area contributed by atoms with Crippen molar-refractivity contribution in [2.75, 3.05) is 0 Å². The van der Waals surface area contributed by atoms with Gasteiger partial charge < -0.3 is 10.5 Å². The van der Waals surface area contributed by atoms with Gasteiger partial charge in [-0.05, 0) is 30.9 Å². The van der Waals surface area contributed by atoms with Gasteiger partial charge >= 0.3 is 0 Å². The van der Waals surface area contributed by atoms with Crippen LogP contribution in [-0.2, 0) is 0 Å². The minimum absolute atomic E-state index is 0.311. The van der Waals surface area contributed by atoms with Crippen molar-refractivity contribution in [2.45, 2.75) is 26.7 Å². The molecule has 0 saturated heterocycles. The zero-order chi connectivity index (χ0) is 13.1. The van der Waals surface area contributed by atoms with E-state index in [1.165, 1.54) is 0 Å². The summed E-state index contributed by atoms with van der Waals surface area (Å²) < 4.78 is 0. The van der Waals surface area contributed by atoms with Crippen LogP contribution in [-0.4, -0.2) is 16.5 Å². The van der Waals surface area contributed by atoms with Crippen LogP contribution in [0.25, 0.3) is 5.57 Å². The number of nitrogens with zero attached hydrogens (tertiary/aromatic N) is 1. The minimum Gasteiger partial charge on any atom is -0.515 e. The zero-order valence-corrected chi connectivity index (χ0v) is 10.8. The standard InChI is InChI=1S/C15H18N2O/c1-10-7-12(8-14(10)16)17-15-6-4-3-5-13(15)11(2)9-18/h3-6,9-10,16,18H,7-8H2,1-2H3/b11-9-,16-14?,17-12?. The molecule has 1 unspecified atom stereocenters. The van der Waals surface area contributed by atoms with Gasteiger partial charge in [-0.25, -0.2) is 0 Å². The van der Waals surface area contributed by atoms with Crippen LogP contribution in [0.2, 0.25) is 0 Å². The number of benzene rings is 1. The summed E-state index contributed by atoms with van der Waals surface area (Å²) >= 11 is 0. The van der Waals surface area contributed by atoms with Crippen molar-refractivity contribution in [1.82, 2.24) is 0 Å². The second-order valence-electron chi connectivity index (χ2n) is 4.81. The third-order valence-electron chi connectivity index (χ3n) is 3.33. The van der Waals surface area contributed by atoms with Gasteiger partial charge in [-0.2, -0.15) is 0 Å². The second kappa shape index (κ2) is 5.17. The molecular weight excluding hydrogens is 224 g/mol. The number of allylic oxidation sites excluding steroid dienone is 1. The third-order valence-corrected chi connectivity index (χ3v) is 3.33. The highest BCUT2D eigenvalue weighted by Gasteiger charge is 2.22. The molecule has 0 aromatic heterocycles. The number of hydrogen-bond acceptors (Lipinski definition) is 3. The molecule has 0 amide bonds. The van der Waals surface area contributed by atoms with Gasteiger partial charge in [-0.3, -0.25) is 4.99 Å². The molecule has 3 nitrogen and oxygen atoms in total. The zero-order valence-electron chi connectivity index (χ0n) is 10.8. The summed E-state index contributed by atoms with van der Waals surface area (Å²) in [6.45, 7) is 3.92. The predicted molar refractivity (Wildman–Crippen MR) is 75.9 cm³/mol. The van der Waals surface area contributed by atoms with E-state index in [9.17, 15) is 0 Å². The maximum Gasteiger partial charge on any atom is 0.0827 e. The first-order chi connectivity index (χ1) is 8.61. The maximum atomic E-state index is 9.11. The van der Waals surface area contributed by atoms with Gasteiger partial charge in [0.15, 0.2) is 0 Å². The fourth-order valence-corrected chi connectivity index (χ4v) is 2.17. The van der Waals surface area contributed by atoms with Crippen molar-refractivity contribution >= 4 is 22.7 Å². The molecule has 3 heteroatoms. The van der Waals surface area contributed by atoms with Crippen molar-refractivity contribution in [3.63, 3.8) is 0 Å². The van der Waals surface area contributed by atoms with Gasteiger partial charge in [0.2, 0.25) is 0 Å². The maximum absolute atomic E-state index is 9.11. The summed E-state index contributed by atoms with van der Waals surface area (Å²) in [6, 6.07) is 7.77. The highest BCUT2D eigenvalue weighted by molar-refractivity contribution is 6.11. The average Bonchev–Trinajstić information content (AvgIpc) is 2.68. The third kappa shape index (κ3) is 2.50.